The molecule has 0 aliphatic carbocycles. The normalized spacial score (nSPS) is 19.0. The van der Waals surface area contributed by atoms with E-state index in [1.54, 1.807) is 11.2 Å². The van der Waals surface area contributed by atoms with Gasteiger partial charge in [-0.1, -0.05) is 0 Å². The third kappa shape index (κ3) is 7.42. The summed E-state index contributed by atoms with van der Waals surface area (Å²) in [6.45, 7) is 2.72. The van der Waals surface area contributed by atoms with Crippen LogP contribution in [0.1, 0.15) is 26.2 Å². The van der Waals surface area contributed by atoms with E-state index in [1.807, 2.05) is 6.92 Å². The molecule has 1 aliphatic heterocycles. The minimum atomic E-state index is -0.975. The van der Waals surface area contributed by atoms with E-state index in [4.69, 9.17) is 9.84 Å². The van der Waals surface area contributed by atoms with Gasteiger partial charge in [-0.2, -0.15) is 0 Å². The van der Waals surface area contributed by atoms with E-state index in [9.17, 15) is 13.8 Å². The van der Waals surface area contributed by atoms with Crippen LogP contribution in [0.3, 0.4) is 0 Å². The number of hydrogen-bond acceptors (Lipinski definition) is 4. The lowest BCUT2D eigenvalue weighted by atomic mass is 10.1. The average Bonchev–Trinajstić information content (AvgIpc) is 2.43. The summed E-state index contributed by atoms with van der Waals surface area (Å²) in [5.41, 5.74) is 0. The molecule has 21 heavy (non-hydrogen) atoms. The Labute approximate surface area is 127 Å². The molecular weight excluding hydrogens is 296 g/mol. The maximum atomic E-state index is 12.0. The van der Waals surface area contributed by atoms with Gasteiger partial charge in [0.2, 0.25) is 0 Å². The number of rotatable bonds is 7. The van der Waals surface area contributed by atoms with Gasteiger partial charge in [-0.25, -0.2) is 9.59 Å². The summed E-state index contributed by atoms with van der Waals surface area (Å²) in [5, 5.41) is 11.4. The van der Waals surface area contributed by atoms with E-state index >= 15 is 0 Å². The molecule has 0 aromatic carbocycles. The standard InChI is InChI=1S/C13H24N2O5S/c1-10(5-8-21(2)19)14-13(18)15-6-3-11(4-7-15)20-9-12(16)17/h10-11H,3-9H2,1-2H3,(H,14,18)(H,16,17). The lowest BCUT2D eigenvalue weighted by molar-refractivity contribution is -0.145. The molecule has 0 spiro atoms. The third-order valence-corrected chi connectivity index (χ3v) is 4.19. The monoisotopic (exact) mass is 320 g/mol. The second-order valence-corrected chi connectivity index (χ2v) is 6.86. The minimum Gasteiger partial charge on any atom is -0.480 e. The number of carbonyl (C=O) groups is 2. The third-order valence-electron chi connectivity index (χ3n) is 3.38. The van der Waals surface area contributed by atoms with Crippen LogP contribution < -0.4 is 5.32 Å². The van der Waals surface area contributed by atoms with Crippen molar-refractivity contribution in [2.75, 3.05) is 31.7 Å². The summed E-state index contributed by atoms with van der Waals surface area (Å²) in [7, 11) is -0.846. The Balaban J connectivity index is 2.25. The van der Waals surface area contributed by atoms with E-state index in [1.165, 1.54) is 0 Å². The summed E-state index contributed by atoms with van der Waals surface area (Å²) < 4.78 is 16.2. The number of amides is 2. The number of likely N-dealkylation sites (tertiary alicyclic amines) is 1. The maximum absolute atomic E-state index is 12.0. The van der Waals surface area contributed by atoms with Crippen molar-refractivity contribution in [1.82, 2.24) is 10.2 Å². The van der Waals surface area contributed by atoms with Crippen LogP contribution in [0, 0.1) is 0 Å². The Morgan fingerprint density at radius 1 is 1.43 bits per heavy atom. The fourth-order valence-corrected chi connectivity index (χ4v) is 2.82. The maximum Gasteiger partial charge on any atom is 0.329 e. The van der Waals surface area contributed by atoms with E-state index in [-0.39, 0.29) is 24.8 Å². The lowest BCUT2D eigenvalue weighted by Crippen LogP contribution is -2.48. The van der Waals surface area contributed by atoms with E-state index in [0.717, 1.165) is 0 Å². The van der Waals surface area contributed by atoms with Crippen LogP contribution in [0.2, 0.25) is 0 Å². The largest absolute Gasteiger partial charge is 0.480 e. The van der Waals surface area contributed by atoms with Crippen molar-refractivity contribution in [1.29, 1.82) is 0 Å². The zero-order valence-electron chi connectivity index (χ0n) is 12.5. The van der Waals surface area contributed by atoms with Gasteiger partial charge in [0, 0.05) is 41.9 Å². The van der Waals surface area contributed by atoms with Gasteiger partial charge < -0.3 is 20.1 Å². The van der Waals surface area contributed by atoms with Crippen LogP contribution in [0.5, 0.6) is 0 Å². The van der Waals surface area contributed by atoms with Crippen LogP contribution in [0.15, 0.2) is 0 Å². The van der Waals surface area contributed by atoms with Gasteiger partial charge in [0.25, 0.3) is 0 Å². The molecule has 0 aromatic rings. The van der Waals surface area contributed by atoms with E-state index in [2.05, 4.69) is 5.32 Å². The molecule has 2 N–H and O–H groups in total. The topological polar surface area (TPSA) is 95.9 Å². The Hall–Kier alpha value is -1.15. The van der Waals surface area contributed by atoms with Crippen molar-refractivity contribution >= 4 is 22.8 Å². The molecule has 1 aliphatic rings. The fraction of sp³-hybridized carbons (Fsp3) is 0.846. The fourth-order valence-electron chi connectivity index (χ4n) is 2.13. The van der Waals surface area contributed by atoms with Crippen LogP contribution >= 0.6 is 0 Å². The molecule has 1 heterocycles. The van der Waals surface area contributed by atoms with Crippen molar-refractivity contribution < 1.29 is 23.6 Å². The molecule has 8 heteroatoms. The summed E-state index contributed by atoms with van der Waals surface area (Å²) >= 11 is 0. The molecule has 1 fully saturated rings. The van der Waals surface area contributed by atoms with Gasteiger partial charge in [-0.05, 0) is 26.2 Å². The van der Waals surface area contributed by atoms with Crippen LogP contribution in [-0.2, 0) is 20.3 Å². The van der Waals surface area contributed by atoms with Crippen molar-refractivity contribution in [3.8, 4) is 0 Å². The number of nitrogens with one attached hydrogen (secondary N) is 1. The van der Waals surface area contributed by atoms with Crippen LogP contribution in [0.4, 0.5) is 4.79 Å². The molecular formula is C13H24N2O5S. The molecule has 0 bridgehead atoms. The molecule has 0 radical (unpaired) electrons. The number of ether oxygens (including phenoxy) is 1. The number of carboxylic acid groups (broad SMARTS) is 1. The first-order chi connectivity index (χ1) is 9.88. The number of piperidine rings is 1. The Bertz CT molecular complexity index is 383. The van der Waals surface area contributed by atoms with Gasteiger partial charge in [0.15, 0.2) is 0 Å². The average molecular weight is 320 g/mol. The molecule has 2 amide bonds. The highest BCUT2D eigenvalue weighted by Crippen LogP contribution is 2.13. The first-order valence-electron chi connectivity index (χ1n) is 7.07. The van der Waals surface area contributed by atoms with Crippen LogP contribution in [0.25, 0.3) is 0 Å². The lowest BCUT2D eigenvalue weighted by Gasteiger charge is -2.32. The molecule has 122 valence electrons. The van der Waals surface area contributed by atoms with Crippen molar-refractivity contribution in [2.45, 2.75) is 38.3 Å². The summed E-state index contributed by atoms with van der Waals surface area (Å²) in [6.07, 6.45) is 3.54. The predicted molar refractivity (Wildman–Crippen MR) is 79.7 cm³/mol. The first-order valence-corrected chi connectivity index (χ1v) is 8.80. The Morgan fingerprint density at radius 3 is 2.57 bits per heavy atom. The molecule has 1 rings (SSSR count). The highest BCUT2D eigenvalue weighted by atomic mass is 32.2. The molecule has 2 unspecified atom stereocenters. The first kappa shape index (κ1) is 17.9. The molecule has 1 saturated heterocycles. The highest BCUT2D eigenvalue weighted by Gasteiger charge is 2.24. The quantitative estimate of drug-likeness (QED) is 0.709. The van der Waals surface area contributed by atoms with E-state index < -0.39 is 16.8 Å². The summed E-state index contributed by atoms with van der Waals surface area (Å²) in [6, 6.07) is -0.136. The molecule has 7 nitrogen and oxygen atoms in total. The minimum absolute atomic E-state index is 0.0117. The Morgan fingerprint density at radius 2 is 2.05 bits per heavy atom. The number of aliphatic carboxylic acids is 1. The molecule has 0 aromatic heterocycles. The highest BCUT2D eigenvalue weighted by molar-refractivity contribution is 7.84. The number of urea groups is 1. The number of nitrogens with zero attached hydrogens (tertiary/aromatic N) is 1. The van der Waals surface area contributed by atoms with Crippen molar-refractivity contribution in [3.05, 3.63) is 0 Å². The van der Waals surface area contributed by atoms with E-state index in [0.29, 0.717) is 38.1 Å². The second-order valence-electron chi connectivity index (χ2n) is 5.31. The van der Waals surface area contributed by atoms with Gasteiger partial charge in [-0.15, -0.1) is 0 Å². The Kier molecular flexibility index (Phi) is 7.66. The van der Waals surface area contributed by atoms with Crippen LogP contribution in [-0.4, -0.2) is 70.1 Å². The van der Waals surface area contributed by atoms with Crippen molar-refractivity contribution in [3.63, 3.8) is 0 Å². The second kappa shape index (κ2) is 8.99. The smallest absolute Gasteiger partial charge is 0.329 e. The predicted octanol–water partition coefficient (Wildman–Crippen LogP) is 0.419. The molecule has 0 saturated carbocycles. The molecule has 2 atom stereocenters. The van der Waals surface area contributed by atoms with Gasteiger partial charge in [0.1, 0.15) is 6.61 Å². The number of carboxylic acids is 1. The number of carbonyl (C=O) groups excluding carboxylic acids is 1. The van der Waals surface area contributed by atoms with Gasteiger partial charge in [0.05, 0.1) is 6.10 Å². The van der Waals surface area contributed by atoms with Gasteiger partial charge >= 0.3 is 12.0 Å². The SMILES string of the molecule is CC(CCS(C)=O)NC(=O)N1CCC(OCC(=O)O)CC1. The summed E-state index contributed by atoms with van der Waals surface area (Å²) in [4.78, 5) is 24.2. The van der Waals surface area contributed by atoms with Crippen molar-refractivity contribution in [2.24, 2.45) is 0 Å². The summed E-state index contributed by atoms with van der Waals surface area (Å²) in [5.74, 6) is -0.399. The van der Waals surface area contributed by atoms with Gasteiger partial charge in [-0.3, -0.25) is 4.21 Å². The number of hydrogen-bond donors (Lipinski definition) is 2. The zero-order chi connectivity index (χ0) is 15.8. The zero-order valence-corrected chi connectivity index (χ0v) is 13.4.